The minimum atomic E-state index is -0.438. The summed E-state index contributed by atoms with van der Waals surface area (Å²) in [6.07, 6.45) is 4.14. The van der Waals surface area contributed by atoms with Crippen LogP contribution in [0, 0.1) is 5.92 Å². The molecule has 1 fully saturated rings. The fraction of sp³-hybridized carbons (Fsp3) is 0.917. The maximum Gasteiger partial charge on any atom is 0.240 e. The average Bonchev–Trinajstić information content (AvgIpc) is 2.51. The average molecular weight is 228 g/mol. The van der Waals surface area contributed by atoms with E-state index < -0.39 is 6.04 Å². The Kier molecular flexibility index (Phi) is 5.22. The van der Waals surface area contributed by atoms with Gasteiger partial charge in [0, 0.05) is 6.54 Å². The lowest BCUT2D eigenvalue weighted by Crippen LogP contribution is -2.51. The zero-order valence-electron chi connectivity index (χ0n) is 10.4. The molecular weight excluding hydrogens is 204 g/mol. The number of hydrogen-bond acceptors (Lipinski definition) is 3. The van der Waals surface area contributed by atoms with Crippen LogP contribution in [0.1, 0.15) is 39.5 Å². The molecule has 0 aromatic heterocycles. The smallest absolute Gasteiger partial charge is 0.240 e. The van der Waals surface area contributed by atoms with Crippen LogP contribution in [0.3, 0.4) is 0 Å². The van der Waals surface area contributed by atoms with Crippen molar-refractivity contribution in [2.45, 2.75) is 51.6 Å². The van der Waals surface area contributed by atoms with Crippen LogP contribution in [0.25, 0.3) is 0 Å². The number of aliphatic hydroxyl groups excluding tert-OH is 1. The van der Waals surface area contributed by atoms with Crippen LogP contribution in [-0.4, -0.2) is 41.1 Å². The van der Waals surface area contributed by atoms with E-state index in [9.17, 15) is 9.90 Å². The summed E-state index contributed by atoms with van der Waals surface area (Å²) in [5.74, 6) is 0.144. The molecule has 0 aliphatic carbocycles. The van der Waals surface area contributed by atoms with Crippen molar-refractivity contribution in [3.63, 3.8) is 0 Å². The number of likely N-dealkylation sites (tertiary alicyclic amines) is 1. The summed E-state index contributed by atoms with van der Waals surface area (Å²) < 4.78 is 0. The molecule has 4 heteroatoms. The lowest BCUT2D eigenvalue weighted by Gasteiger charge is -2.32. The first-order valence-corrected chi connectivity index (χ1v) is 6.24. The van der Waals surface area contributed by atoms with Gasteiger partial charge in [-0.05, 0) is 18.8 Å². The summed E-state index contributed by atoms with van der Waals surface area (Å²) >= 11 is 0. The molecular formula is C12H24N2O2. The first-order valence-electron chi connectivity index (χ1n) is 6.24. The van der Waals surface area contributed by atoms with Crippen molar-refractivity contribution >= 4 is 5.91 Å². The molecule has 1 amide bonds. The maximum absolute atomic E-state index is 12.2. The normalized spacial score (nSPS) is 24.3. The van der Waals surface area contributed by atoms with Gasteiger partial charge < -0.3 is 15.7 Å². The fourth-order valence-corrected chi connectivity index (χ4v) is 2.13. The Morgan fingerprint density at radius 2 is 2.12 bits per heavy atom. The zero-order valence-corrected chi connectivity index (χ0v) is 10.4. The van der Waals surface area contributed by atoms with E-state index in [-0.39, 0.29) is 24.5 Å². The highest BCUT2D eigenvalue weighted by Gasteiger charge is 2.29. The van der Waals surface area contributed by atoms with Crippen LogP contribution in [0.5, 0.6) is 0 Å². The topological polar surface area (TPSA) is 66.6 Å². The molecule has 0 saturated carbocycles. The van der Waals surface area contributed by atoms with E-state index in [1.54, 1.807) is 4.90 Å². The van der Waals surface area contributed by atoms with Gasteiger partial charge in [-0.3, -0.25) is 4.79 Å². The molecule has 0 bridgehead atoms. The van der Waals surface area contributed by atoms with Crippen LogP contribution in [-0.2, 0) is 4.79 Å². The lowest BCUT2D eigenvalue weighted by molar-refractivity contribution is -0.136. The number of aliphatic hydroxyl groups is 1. The van der Waals surface area contributed by atoms with Crippen LogP contribution in [0.4, 0.5) is 0 Å². The van der Waals surface area contributed by atoms with Gasteiger partial charge in [-0.15, -0.1) is 0 Å². The van der Waals surface area contributed by atoms with E-state index in [1.807, 2.05) is 13.8 Å². The monoisotopic (exact) mass is 228 g/mol. The molecule has 3 N–H and O–H groups in total. The highest BCUT2D eigenvalue weighted by atomic mass is 16.3. The van der Waals surface area contributed by atoms with Gasteiger partial charge in [0.05, 0.1) is 18.7 Å². The number of hydrogen-bond donors (Lipinski definition) is 2. The van der Waals surface area contributed by atoms with Gasteiger partial charge in [0.1, 0.15) is 0 Å². The lowest BCUT2D eigenvalue weighted by atomic mass is 10.0. The van der Waals surface area contributed by atoms with Crippen molar-refractivity contribution < 1.29 is 9.90 Å². The molecule has 0 radical (unpaired) electrons. The molecule has 2 atom stereocenters. The Labute approximate surface area is 97.8 Å². The Morgan fingerprint density at radius 3 is 2.69 bits per heavy atom. The third-order valence-electron chi connectivity index (χ3n) is 3.37. The molecule has 0 aromatic rings. The van der Waals surface area contributed by atoms with Gasteiger partial charge in [-0.25, -0.2) is 0 Å². The number of nitrogens with two attached hydrogens (primary N) is 1. The molecule has 0 aromatic carbocycles. The van der Waals surface area contributed by atoms with Gasteiger partial charge in [-0.1, -0.05) is 26.7 Å². The zero-order chi connectivity index (χ0) is 12.1. The first kappa shape index (κ1) is 13.5. The molecule has 4 nitrogen and oxygen atoms in total. The predicted molar refractivity (Wildman–Crippen MR) is 63.9 cm³/mol. The van der Waals surface area contributed by atoms with Gasteiger partial charge in [0.15, 0.2) is 0 Å². The molecule has 1 aliphatic rings. The van der Waals surface area contributed by atoms with E-state index in [1.165, 1.54) is 0 Å². The number of carbonyl (C=O) groups excluding carboxylic acids is 1. The SMILES string of the molecule is CC(C)[C@@H](N)C(=O)N1CCCCCC1CO. The van der Waals surface area contributed by atoms with E-state index in [2.05, 4.69) is 0 Å². The quantitative estimate of drug-likeness (QED) is 0.748. The van der Waals surface area contributed by atoms with Gasteiger partial charge in [-0.2, -0.15) is 0 Å². The van der Waals surface area contributed by atoms with Crippen molar-refractivity contribution in [2.75, 3.05) is 13.2 Å². The van der Waals surface area contributed by atoms with Crippen LogP contribution >= 0.6 is 0 Å². The molecule has 1 unspecified atom stereocenters. The molecule has 1 saturated heterocycles. The van der Waals surface area contributed by atoms with Gasteiger partial charge in [0.2, 0.25) is 5.91 Å². The highest BCUT2D eigenvalue weighted by Crippen LogP contribution is 2.18. The van der Waals surface area contributed by atoms with Gasteiger partial charge >= 0.3 is 0 Å². The van der Waals surface area contributed by atoms with Gasteiger partial charge in [0.25, 0.3) is 0 Å². The fourth-order valence-electron chi connectivity index (χ4n) is 2.13. The molecule has 1 heterocycles. The third-order valence-corrected chi connectivity index (χ3v) is 3.37. The minimum absolute atomic E-state index is 0.00375. The van der Waals surface area contributed by atoms with E-state index >= 15 is 0 Å². The van der Waals surface area contributed by atoms with Crippen molar-refractivity contribution in [1.29, 1.82) is 0 Å². The van der Waals surface area contributed by atoms with E-state index in [4.69, 9.17) is 5.73 Å². The molecule has 0 spiro atoms. The highest BCUT2D eigenvalue weighted by molar-refractivity contribution is 5.82. The molecule has 16 heavy (non-hydrogen) atoms. The van der Waals surface area contributed by atoms with E-state index in [0.29, 0.717) is 0 Å². The summed E-state index contributed by atoms with van der Waals surface area (Å²) in [5.41, 5.74) is 5.89. The Bertz CT molecular complexity index is 231. The second-order valence-corrected chi connectivity index (χ2v) is 4.99. The summed E-state index contributed by atoms with van der Waals surface area (Å²) in [5, 5.41) is 9.32. The third kappa shape index (κ3) is 3.19. The molecule has 94 valence electrons. The Balaban J connectivity index is 2.69. The van der Waals surface area contributed by atoms with Crippen LogP contribution in [0.15, 0.2) is 0 Å². The predicted octanol–water partition coefficient (Wildman–Crippen LogP) is 0.733. The second kappa shape index (κ2) is 6.21. The van der Waals surface area contributed by atoms with Crippen molar-refractivity contribution in [3.05, 3.63) is 0 Å². The van der Waals surface area contributed by atoms with Crippen LogP contribution in [0.2, 0.25) is 0 Å². The standard InChI is InChI=1S/C12H24N2O2/c1-9(2)11(13)12(16)14-7-5-3-4-6-10(14)8-15/h9-11,15H,3-8,13H2,1-2H3/t10?,11-/m1/s1. The van der Waals surface area contributed by atoms with Crippen molar-refractivity contribution in [1.82, 2.24) is 4.90 Å². The summed E-state index contributed by atoms with van der Waals surface area (Å²) in [7, 11) is 0. The van der Waals surface area contributed by atoms with Crippen molar-refractivity contribution in [3.8, 4) is 0 Å². The summed E-state index contributed by atoms with van der Waals surface area (Å²) in [4.78, 5) is 13.9. The molecule has 1 rings (SSSR count). The summed E-state index contributed by atoms with van der Waals surface area (Å²) in [6, 6.07) is -0.466. The maximum atomic E-state index is 12.2. The largest absolute Gasteiger partial charge is 0.394 e. The number of nitrogens with zero attached hydrogens (tertiary/aromatic N) is 1. The van der Waals surface area contributed by atoms with Crippen LogP contribution < -0.4 is 5.73 Å². The minimum Gasteiger partial charge on any atom is -0.394 e. The second-order valence-electron chi connectivity index (χ2n) is 4.99. The number of rotatable bonds is 3. The number of carbonyl (C=O) groups is 1. The summed E-state index contributed by atoms with van der Waals surface area (Å²) in [6.45, 7) is 4.70. The number of amides is 1. The first-order chi connectivity index (χ1) is 7.57. The van der Waals surface area contributed by atoms with Crippen molar-refractivity contribution in [2.24, 2.45) is 11.7 Å². The Morgan fingerprint density at radius 1 is 1.44 bits per heavy atom. The Hall–Kier alpha value is -0.610. The van der Waals surface area contributed by atoms with E-state index in [0.717, 1.165) is 32.2 Å². The molecule has 1 aliphatic heterocycles.